The second-order valence-electron chi connectivity index (χ2n) is 5.33. The lowest BCUT2D eigenvalue weighted by atomic mass is 10.1. The van der Waals surface area contributed by atoms with Gasteiger partial charge in [0.1, 0.15) is 0 Å². The van der Waals surface area contributed by atoms with Gasteiger partial charge in [0.25, 0.3) is 0 Å². The van der Waals surface area contributed by atoms with E-state index in [1.165, 1.54) is 18.7 Å². The molecule has 1 aliphatic carbocycles. The van der Waals surface area contributed by atoms with Gasteiger partial charge in [-0.3, -0.25) is 4.90 Å². The molecule has 0 radical (unpaired) electrons. The van der Waals surface area contributed by atoms with Gasteiger partial charge in [-0.25, -0.2) is 0 Å². The molecule has 1 saturated carbocycles. The number of nitrogens with zero attached hydrogens (tertiary/aromatic N) is 1. The molecular formula is C14H19NO. The fourth-order valence-corrected chi connectivity index (χ4v) is 3.35. The molecule has 86 valence electrons. The van der Waals surface area contributed by atoms with Gasteiger partial charge in [0, 0.05) is 19.6 Å². The highest BCUT2D eigenvalue weighted by molar-refractivity contribution is 5.16. The second kappa shape index (κ2) is 3.86. The predicted molar refractivity (Wildman–Crippen MR) is 63.9 cm³/mol. The van der Waals surface area contributed by atoms with Crippen molar-refractivity contribution in [1.29, 1.82) is 0 Å². The van der Waals surface area contributed by atoms with E-state index < -0.39 is 0 Å². The maximum Gasteiger partial charge on any atom is 0.0546 e. The van der Waals surface area contributed by atoms with Crippen LogP contribution in [0.25, 0.3) is 0 Å². The zero-order chi connectivity index (χ0) is 11.1. The molecule has 1 heterocycles. The van der Waals surface area contributed by atoms with E-state index in [0.717, 1.165) is 18.4 Å². The van der Waals surface area contributed by atoms with E-state index in [0.29, 0.717) is 5.92 Å². The Hall–Kier alpha value is -0.860. The molecule has 1 aromatic rings. The maximum atomic E-state index is 9.56. The first-order chi connectivity index (χ1) is 7.75. The number of aliphatic hydroxyl groups excluding tert-OH is 1. The zero-order valence-corrected chi connectivity index (χ0v) is 9.71. The first-order valence-corrected chi connectivity index (χ1v) is 6.20. The Balaban J connectivity index is 1.55. The maximum absolute atomic E-state index is 9.56. The van der Waals surface area contributed by atoms with Gasteiger partial charge in [-0.2, -0.15) is 0 Å². The van der Waals surface area contributed by atoms with Gasteiger partial charge in [-0.05, 0) is 30.2 Å². The lowest BCUT2D eigenvalue weighted by molar-refractivity contribution is 0.139. The first kappa shape index (κ1) is 10.3. The van der Waals surface area contributed by atoms with E-state index in [1.54, 1.807) is 0 Å². The molecule has 4 atom stereocenters. The summed E-state index contributed by atoms with van der Waals surface area (Å²) in [5.74, 6) is 2.12. The lowest BCUT2D eigenvalue weighted by Gasteiger charge is -2.20. The summed E-state index contributed by atoms with van der Waals surface area (Å²) >= 11 is 0. The number of aliphatic hydroxyl groups is 1. The monoisotopic (exact) mass is 217 g/mol. The standard InChI is InChI=1S/C14H19NO/c1-10(16)14-12-8-15(9-13(12)14)7-11-5-3-2-4-6-11/h2-6,10,12-14,16H,7-9H2,1H3/t10?,12-,13+,14+. The van der Waals surface area contributed by atoms with Crippen molar-refractivity contribution in [2.24, 2.45) is 17.8 Å². The molecule has 16 heavy (non-hydrogen) atoms. The summed E-state index contributed by atoms with van der Waals surface area (Å²) in [6.45, 7) is 5.36. The fraction of sp³-hybridized carbons (Fsp3) is 0.571. The van der Waals surface area contributed by atoms with Gasteiger partial charge in [0.2, 0.25) is 0 Å². The molecule has 2 heteroatoms. The van der Waals surface area contributed by atoms with E-state index in [4.69, 9.17) is 0 Å². The van der Waals surface area contributed by atoms with Gasteiger partial charge in [0.15, 0.2) is 0 Å². The first-order valence-electron chi connectivity index (χ1n) is 6.20. The Morgan fingerprint density at radius 1 is 1.25 bits per heavy atom. The minimum absolute atomic E-state index is 0.103. The predicted octanol–water partition coefficient (Wildman–Crippen LogP) is 1.75. The zero-order valence-electron chi connectivity index (χ0n) is 9.71. The number of likely N-dealkylation sites (tertiary alicyclic amines) is 1. The third-order valence-corrected chi connectivity index (χ3v) is 4.14. The second-order valence-corrected chi connectivity index (χ2v) is 5.33. The SMILES string of the molecule is CC(O)[C@H]1[C@@H]2CN(Cc3ccccc3)C[C@@H]21. The minimum atomic E-state index is -0.103. The minimum Gasteiger partial charge on any atom is -0.393 e. The van der Waals surface area contributed by atoms with Crippen LogP contribution < -0.4 is 0 Å². The summed E-state index contributed by atoms with van der Waals surface area (Å²) in [5, 5.41) is 9.56. The molecular weight excluding hydrogens is 198 g/mol. The van der Waals surface area contributed by atoms with Gasteiger partial charge >= 0.3 is 0 Å². The fourth-order valence-electron chi connectivity index (χ4n) is 3.35. The van der Waals surface area contributed by atoms with Gasteiger partial charge < -0.3 is 5.11 Å². The Kier molecular flexibility index (Phi) is 2.49. The van der Waals surface area contributed by atoms with Crippen molar-refractivity contribution in [3.05, 3.63) is 35.9 Å². The van der Waals surface area contributed by atoms with E-state index in [9.17, 15) is 5.11 Å². The van der Waals surface area contributed by atoms with Crippen molar-refractivity contribution >= 4 is 0 Å². The van der Waals surface area contributed by atoms with Crippen LogP contribution in [0.15, 0.2) is 30.3 Å². The van der Waals surface area contributed by atoms with Crippen LogP contribution in [0.4, 0.5) is 0 Å². The molecule has 1 saturated heterocycles. The Morgan fingerprint density at radius 3 is 2.44 bits per heavy atom. The van der Waals surface area contributed by atoms with Crippen molar-refractivity contribution in [2.75, 3.05) is 13.1 Å². The third-order valence-electron chi connectivity index (χ3n) is 4.14. The molecule has 0 bridgehead atoms. The average molecular weight is 217 g/mol. The van der Waals surface area contributed by atoms with Crippen molar-refractivity contribution in [3.63, 3.8) is 0 Å². The summed E-state index contributed by atoms with van der Waals surface area (Å²) in [7, 11) is 0. The summed E-state index contributed by atoms with van der Waals surface area (Å²) < 4.78 is 0. The van der Waals surface area contributed by atoms with E-state index in [-0.39, 0.29) is 6.10 Å². The van der Waals surface area contributed by atoms with Gasteiger partial charge in [0.05, 0.1) is 6.10 Å². The summed E-state index contributed by atoms with van der Waals surface area (Å²) in [5.41, 5.74) is 1.40. The highest BCUT2D eigenvalue weighted by Crippen LogP contribution is 2.53. The molecule has 1 N–H and O–H groups in total. The molecule has 1 aromatic carbocycles. The molecule has 0 spiro atoms. The van der Waals surface area contributed by atoms with Crippen LogP contribution in [0, 0.1) is 17.8 Å². The summed E-state index contributed by atoms with van der Waals surface area (Å²) in [6, 6.07) is 10.6. The van der Waals surface area contributed by atoms with Crippen LogP contribution in [0.2, 0.25) is 0 Å². The van der Waals surface area contributed by atoms with Crippen LogP contribution >= 0.6 is 0 Å². The number of rotatable bonds is 3. The normalized spacial score (nSPS) is 34.8. The number of hydrogen-bond acceptors (Lipinski definition) is 2. The van der Waals surface area contributed by atoms with Crippen LogP contribution in [0.5, 0.6) is 0 Å². The molecule has 1 aliphatic heterocycles. The number of hydrogen-bond donors (Lipinski definition) is 1. The van der Waals surface area contributed by atoms with Crippen LogP contribution in [0.1, 0.15) is 12.5 Å². The number of fused-ring (bicyclic) bond motifs is 1. The van der Waals surface area contributed by atoms with Crippen LogP contribution in [0.3, 0.4) is 0 Å². The third kappa shape index (κ3) is 1.76. The van der Waals surface area contributed by atoms with E-state index in [2.05, 4.69) is 35.2 Å². The van der Waals surface area contributed by atoms with Crippen LogP contribution in [-0.2, 0) is 6.54 Å². The van der Waals surface area contributed by atoms with Gasteiger partial charge in [-0.15, -0.1) is 0 Å². The van der Waals surface area contributed by atoms with E-state index >= 15 is 0 Å². The average Bonchev–Trinajstić information content (AvgIpc) is 2.79. The summed E-state index contributed by atoms with van der Waals surface area (Å²) in [6.07, 6.45) is -0.103. The Bertz CT molecular complexity index is 350. The van der Waals surface area contributed by atoms with Crippen LogP contribution in [-0.4, -0.2) is 29.2 Å². The quantitative estimate of drug-likeness (QED) is 0.833. The Morgan fingerprint density at radius 2 is 1.88 bits per heavy atom. The van der Waals surface area contributed by atoms with Crippen molar-refractivity contribution < 1.29 is 5.11 Å². The highest BCUT2D eigenvalue weighted by Gasteiger charge is 2.57. The molecule has 1 unspecified atom stereocenters. The van der Waals surface area contributed by atoms with E-state index in [1.807, 2.05) is 6.92 Å². The summed E-state index contributed by atoms with van der Waals surface area (Å²) in [4.78, 5) is 2.52. The number of benzene rings is 1. The molecule has 3 rings (SSSR count). The lowest BCUT2D eigenvalue weighted by Crippen LogP contribution is -2.26. The Labute approximate surface area is 96.9 Å². The molecule has 2 aliphatic rings. The molecule has 0 aromatic heterocycles. The van der Waals surface area contributed by atoms with Crippen molar-refractivity contribution in [2.45, 2.75) is 19.6 Å². The van der Waals surface area contributed by atoms with Crippen molar-refractivity contribution in [3.8, 4) is 0 Å². The molecule has 2 nitrogen and oxygen atoms in total. The van der Waals surface area contributed by atoms with Gasteiger partial charge in [-0.1, -0.05) is 30.3 Å². The van der Waals surface area contributed by atoms with Crippen molar-refractivity contribution in [1.82, 2.24) is 4.90 Å². The molecule has 2 fully saturated rings. The number of piperidine rings is 1. The highest BCUT2D eigenvalue weighted by atomic mass is 16.3. The largest absolute Gasteiger partial charge is 0.393 e. The topological polar surface area (TPSA) is 23.5 Å². The smallest absolute Gasteiger partial charge is 0.0546 e. The molecule has 0 amide bonds.